The summed E-state index contributed by atoms with van der Waals surface area (Å²) in [5, 5.41) is 3.03. The van der Waals surface area contributed by atoms with Crippen molar-refractivity contribution in [3.63, 3.8) is 0 Å². The molecule has 0 saturated heterocycles. The molecule has 1 N–H and O–H groups in total. The molecule has 0 aliphatic heterocycles. The summed E-state index contributed by atoms with van der Waals surface area (Å²) in [5.41, 5.74) is 0. The van der Waals surface area contributed by atoms with E-state index < -0.39 is 9.84 Å². The maximum absolute atomic E-state index is 12.2. The van der Waals surface area contributed by atoms with E-state index >= 15 is 0 Å². The molecule has 0 spiro atoms. The van der Waals surface area contributed by atoms with Crippen LogP contribution >= 0.6 is 0 Å². The molecule has 0 aromatic heterocycles. The third-order valence-electron chi connectivity index (χ3n) is 4.18. The van der Waals surface area contributed by atoms with Gasteiger partial charge >= 0.3 is 6.03 Å². The van der Waals surface area contributed by atoms with Gasteiger partial charge in [-0.25, -0.2) is 13.2 Å². The second-order valence-electron chi connectivity index (χ2n) is 6.08. The first kappa shape index (κ1) is 17.3. The molecule has 6 heteroatoms. The Kier molecular flexibility index (Phi) is 6.30. The molecular weight excluding hydrogens is 276 g/mol. The molecule has 20 heavy (non-hydrogen) atoms. The van der Waals surface area contributed by atoms with Crippen LogP contribution in [0.3, 0.4) is 0 Å². The van der Waals surface area contributed by atoms with E-state index in [9.17, 15) is 13.2 Å². The maximum atomic E-state index is 12.2. The van der Waals surface area contributed by atoms with Gasteiger partial charge < -0.3 is 10.2 Å². The quantitative estimate of drug-likeness (QED) is 0.845. The van der Waals surface area contributed by atoms with Crippen LogP contribution in [0.1, 0.15) is 46.5 Å². The Morgan fingerprint density at radius 1 is 1.40 bits per heavy atom. The van der Waals surface area contributed by atoms with E-state index in [1.165, 1.54) is 11.3 Å². The number of urea groups is 1. The molecule has 1 aliphatic rings. The molecule has 0 radical (unpaired) electrons. The lowest BCUT2D eigenvalue weighted by Gasteiger charge is -2.31. The van der Waals surface area contributed by atoms with Crippen molar-refractivity contribution >= 4 is 15.9 Å². The lowest BCUT2D eigenvalue weighted by atomic mass is 9.87. The summed E-state index contributed by atoms with van der Waals surface area (Å²) < 4.78 is 23.2. The van der Waals surface area contributed by atoms with Crippen molar-refractivity contribution in [2.75, 3.05) is 18.6 Å². The number of nitrogens with zero attached hydrogens (tertiary/aromatic N) is 1. The molecule has 0 heterocycles. The number of carbonyl (C=O) groups excluding carboxylic acids is 1. The minimum atomic E-state index is -3.06. The van der Waals surface area contributed by atoms with Gasteiger partial charge in [-0.2, -0.15) is 0 Å². The number of hydrogen-bond donors (Lipinski definition) is 1. The average Bonchev–Trinajstić information content (AvgIpc) is 2.37. The number of carbonyl (C=O) groups is 1. The summed E-state index contributed by atoms with van der Waals surface area (Å²) in [6, 6.07) is -0.243. The number of sulfone groups is 1. The zero-order chi connectivity index (χ0) is 15.3. The molecule has 0 aromatic carbocycles. The predicted octanol–water partition coefficient (Wildman–Crippen LogP) is 2.03. The fourth-order valence-corrected chi connectivity index (χ4v) is 3.83. The second-order valence-corrected chi connectivity index (χ2v) is 8.47. The summed E-state index contributed by atoms with van der Waals surface area (Å²) in [6.45, 7) is 5.61. The van der Waals surface area contributed by atoms with Crippen LogP contribution in [0.4, 0.5) is 4.79 Å². The van der Waals surface area contributed by atoms with Crippen LogP contribution in [-0.2, 0) is 9.84 Å². The molecular formula is C14H28N2O3S. The number of nitrogens with one attached hydrogen (secondary N) is 1. The molecule has 2 amide bonds. The SMILES string of the molecule is CCS(=O)(=O)CC(C)N(C)C(=O)NC1CCCC(C)C1. The summed E-state index contributed by atoms with van der Waals surface area (Å²) in [7, 11) is -1.40. The van der Waals surface area contributed by atoms with Crippen LogP contribution in [0.2, 0.25) is 0 Å². The fourth-order valence-electron chi connectivity index (χ4n) is 2.64. The van der Waals surface area contributed by atoms with Gasteiger partial charge in [0.2, 0.25) is 0 Å². The first-order chi connectivity index (χ1) is 9.25. The molecule has 1 rings (SSSR count). The van der Waals surface area contributed by atoms with Crippen LogP contribution in [0.5, 0.6) is 0 Å². The third-order valence-corrected chi connectivity index (χ3v) is 6.05. The van der Waals surface area contributed by atoms with Crippen molar-refractivity contribution in [1.29, 1.82) is 0 Å². The van der Waals surface area contributed by atoms with Crippen molar-refractivity contribution in [2.24, 2.45) is 5.92 Å². The number of hydrogen-bond acceptors (Lipinski definition) is 3. The smallest absolute Gasteiger partial charge is 0.317 e. The van der Waals surface area contributed by atoms with Crippen molar-refractivity contribution < 1.29 is 13.2 Å². The largest absolute Gasteiger partial charge is 0.335 e. The summed E-state index contributed by atoms with van der Waals surface area (Å²) >= 11 is 0. The fraction of sp³-hybridized carbons (Fsp3) is 0.929. The number of amides is 2. The molecule has 5 nitrogen and oxygen atoms in total. The van der Waals surface area contributed by atoms with Gasteiger partial charge in [0.25, 0.3) is 0 Å². The Morgan fingerprint density at radius 2 is 2.05 bits per heavy atom. The van der Waals surface area contributed by atoms with Crippen molar-refractivity contribution in [1.82, 2.24) is 10.2 Å². The molecule has 118 valence electrons. The van der Waals surface area contributed by atoms with Gasteiger partial charge in [0, 0.05) is 24.9 Å². The van der Waals surface area contributed by atoms with E-state index in [0.717, 1.165) is 19.3 Å². The first-order valence-corrected chi connectivity index (χ1v) is 9.31. The van der Waals surface area contributed by atoms with Gasteiger partial charge in [-0.05, 0) is 25.7 Å². The highest BCUT2D eigenvalue weighted by Gasteiger charge is 2.25. The zero-order valence-corrected chi connectivity index (χ0v) is 13.9. The van der Waals surface area contributed by atoms with E-state index in [0.29, 0.717) is 5.92 Å². The van der Waals surface area contributed by atoms with Gasteiger partial charge in [-0.15, -0.1) is 0 Å². The molecule has 0 aromatic rings. The Morgan fingerprint density at radius 3 is 2.60 bits per heavy atom. The van der Waals surface area contributed by atoms with Crippen LogP contribution in [-0.4, -0.2) is 50.0 Å². The zero-order valence-electron chi connectivity index (χ0n) is 13.1. The normalized spacial score (nSPS) is 25.0. The van der Waals surface area contributed by atoms with Gasteiger partial charge in [-0.3, -0.25) is 0 Å². The van der Waals surface area contributed by atoms with Gasteiger partial charge in [0.15, 0.2) is 9.84 Å². The summed E-state index contributed by atoms with van der Waals surface area (Å²) in [4.78, 5) is 13.7. The third kappa shape index (κ3) is 5.31. The highest BCUT2D eigenvalue weighted by atomic mass is 32.2. The first-order valence-electron chi connectivity index (χ1n) is 7.49. The maximum Gasteiger partial charge on any atom is 0.317 e. The van der Waals surface area contributed by atoms with Crippen LogP contribution in [0.15, 0.2) is 0 Å². The highest BCUT2D eigenvalue weighted by Crippen LogP contribution is 2.23. The van der Waals surface area contributed by atoms with Gasteiger partial charge in [0.1, 0.15) is 0 Å². The standard InChI is InChI=1S/C14H28N2O3S/c1-5-20(18,19)10-12(3)16(4)14(17)15-13-8-6-7-11(2)9-13/h11-13H,5-10H2,1-4H3,(H,15,17). The Bertz CT molecular complexity index is 422. The average molecular weight is 304 g/mol. The van der Waals surface area contributed by atoms with E-state index in [1.807, 2.05) is 0 Å². The molecule has 1 aliphatic carbocycles. The summed E-state index contributed by atoms with van der Waals surface area (Å²) in [5.74, 6) is 0.791. The van der Waals surface area contributed by atoms with E-state index in [4.69, 9.17) is 0 Å². The van der Waals surface area contributed by atoms with Gasteiger partial charge in [0.05, 0.1) is 5.75 Å². The van der Waals surface area contributed by atoms with Crippen LogP contribution in [0.25, 0.3) is 0 Å². The highest BCUT2D eigenvalue weighted by molar-refractivity contribution is 7.91. The van der Waals surface area contributed by atoms with E-state index in [2.05, 4.69) is 12.2 Å². The minimum Gasteiger partial charge on any atom is -0.335 e. The van der Waals surface area contributed by atoms with Crippen molar-refractivity contribution in [2.45, 2.75) is 58.5 Å². The molecule has 3 atom stereocenters. The topological polar surface area (TPSA) is 66.5 Å². The summed E-state index contributed by atoms with van der Waals surface area (Å²) in [6.07, 6.45) is 4.41. The van der Waals surface area contributed by atoms with Crippen LogP contribution in [0, 0.1) is 5.92 Å². The predicted molar refractivity (Wildman–Crippen MR) is 81.5 cm³/mol. The molecule has 1 fully saturated rings. The van der Waals surface area contributed by atoms with E-state index in [1.54, 1.807) is 20.9 Å². The van der Waals surface area contributed by atoms with Crippen molar-refractivity contribution in [3.8, 4) is 0 Å². The van der Waals surface area contributed by atoms with Crippen LogP contribution < -0.4 is 5.32 Å². The van der Waals surface area contributed by atoms with Gasteiger partial charge in [-0.1, -0.05) is 26.7 Å². The monoisotopic (exact) mass is 304 g/mol. The Balaban J connectivity index is 2.49. The van der Waals surface area contributed by atoms with Crippen molar-refractivity contribution in [3.05, 3.63) is 0 Å². The lowest BCUT2D eigenvalue weighted by molar-refractivity contribution is 0.187. The second kappa shape index (κ2) is 7.29. The Labute approximate surface area is 123 Å². The molecule has 0 bridgehead atoms. The minimum absolute atomic E-state index is 0.0223. The Hall–Kier alpha value is -0.780. The van der Waals surface area contributed by atoms with E-state index in [-0.39, 0.29) is 29.6 Å². The molecule has 3 unspecified atom stereocenters. The lowest BCUT2D eigenvalue weighted by Crippen LogP contribution is -2.49. The molecule has 1 saturated carbocycles. The number of rotatable bonds is 5.